The Balaban J connectivity index is 1.79. The van der Waals surface area contributed by atoms with Gasteiger partial charge in [-0.05, 0) is 43.7 Å². The number of nitrogen functional groups attached to an aromatic ring is 1. The number of amides is 1. The van der Waals surface area contributed by atoms with E-state index in [1.807, 2.05) is 30.3 Å². The Morgan fingerprint density at radius 2 is 1.89 bits per heavy atom. The third-order valence-electron chi connectivity index (χ3n) is 4.27. The number of fused-ring (bicyclic) bond motifs is 1. The number of esters is 1. The van der Waals surface area contributed by atoms with Crippen molar-refractivity contribution in [2.24, 2.45) is 0 Å². The number of carbonyl (C=O) groups is 2. The van der Waals surface area contributed by atoms with E-state index in [1.54, 1.807) is 36.1 Å². The second-order valence-electron chi connectivity index (χ2n) is 6.20. The minimum absolute atomic E-state index is 0.102. The molecule has 0 aliphatic carbocycles. The zero-order valence-electron chi connectivity index (χ0n) is 15.7. The van der Waals surface area contributed by atoms with Crippen molar-refractivity contribution in [3.05, 3.63) is 65.7 Å². The lowest BCUT2D eigenvalue weighted by molar-refractivity contribution is -0.150. The molecule has 0 saturated carbocycles. The van der Waals surface area contributed by atoms with E-state index < -0.39 is 5.97 Å². The molecule has 1 heterocycles. The molecule has 1 aliphatic rings. The topological polar surface area (TPSA) is 93.9 Å². The van der Waals surface area contributed by atoms with Gasteiger partial charge in [-0.1, -0.05) is 24.3 Å². The van der Waals surface area contributed by atoms with Crippen LogP contribution in [0.5, 0.6) is 0 Å². The maximum atomic E-state index is 13.1. The van der Waals surface area contributed by atoms with Crippen LogP contribution in [0.4, 0.5) is 11.4 Å². The first-order valence-electron chi connectivity index (χ1n) is 9.10. The first-order valence-corrected chi connectivity index (χ1v) is 9.10. The van der Waals surface area contributed by atoms with Gasteiger partial charge in [0.2, 0.25) is 0 Å². The van der Waals surface area contributed by atoms with Gasteiger partial charge < -0.3 is 15.4 Å². The summed E-state index contributed by atoms with van der Waals surface area (Å²) >= 11 is 0. The highest BCUT2D eigenvalue weighted by molar-refractivity contribution is 6.07. The highest BCUT2D eigenvalue weighted by Crippen LogP contribution is 2.30. The van der Waals surface area contributed by atoms with Gasteiger partial charge in [0.25, 0.3) is 5.91 Å². The Labute approximate surface area is 163 Å². The molecule has 0 radical (unpaired) electrons. The van der Waals surface area contributed by atoms with Gasteiger partial charge in [-0.15, -0.1) is 0 Å². The lowest BCUT2D eigenvalue weighted by atomic mass is 10.1. The maximum Gasteiger partial charge on any atom is 0.334 e. The molecule has 3 N–H and O–H groups in total. The number of nitrogens with two attached hydrogens (primary N) is 1. The van der Waals surface area contributed by atoms with Crippen LogP contribution in [0.25, 0.3) is 5.70 Å². The first-order chi connectivity index (χ1) is 13.6. The predicted molar refractivity (Wildman–Crippen MR) is 107 cm³/mol. The zero-order valence-corrected chi connectivity index (χ0v) is 15.7. The number of benzene rings is 2. The monoisotopic (exact) mass is 381 g/mol. The smallest absolute Gasteiger partial charge is 0.334 e. The minimum Gasteiger partial charge on any atom is -0.464 e. The van der Waals surface area contributed by atoms with Crippen molar-refractivity contribution >= 4 is 28.9 Å². The van der Waals surface area contributed by atoms with Gasteiger partial charge in [0.05, 0.1) is 18.0 Å². The molecule has 7 nitrogen and oxygen atoms in total. The summed E-state index contributed by atoms with van der Waals surface area (Å²) in [6.07, 6.45) is 2.57. The molecule has 1 aliphatic heterocycles. The lowest BCUT2D eigenvalue weighted by Crippen LogP contribution is -2.32. The SMILES string of the molecule is CCOC(=O)CONC1=CCCN(C(=O)c2ccc(N)cc2)c2ccccc21. The van der Waals surface area contributed by atoms with Crippen LogP contribution in [-0.4, -0.2) is 31.6 Å². The fourth-order valence-electron chi connectivity index (χ4n) is 2.97. The number of hydroxylamine groups is 1. The second kappa shape index (κ2) is 9.05. The molecule has 0 bridgehead atoms. The Kier molecular flexibility index (Phi) is 6.29. The Morgan fingerprint density at radius 1 is 1.14 bits per heavy atom. The van der Waals surface area contributed by atoms with Gasteiger partial charge in [0.15, 0.2) is 6.61 Å². The molecule has 0 aromatic heterocycles. The molecule has 3 rings (SSSR count). The van der Waals surface area contributed by atoms with Gasteiger partial charge in [-0.3, -0.25) is 15.1 Å². The average molecular weight is 381 g/mol. The Bertz CT molecular complexity index is 877. The van der Waals surface area contributed by atoms with Crippen LogP contribution in [-0.2, 0) is 14.4 Å². The van der Waals surface area contributed by atoms with E-state index in [0.717, 1.165) is 11.3 Å². The zero-order chi connectivity index (χ0) is 19.9. The average Bonchev–Trinajstić information content (AvgIpc) is 2.88. The molecule has 0 atom stereocenters. The molecular formula is C21H23N3O4. The number of para-hydroxylation sites is 1. The largest absolute Gasteiger partial charge is 0.464 e. The summed E-state index contributed by atoms with van der Waals surface area (Å²) in [5.41, 5.74) is 12.0. The predicted octanol–water partition coefficient (Wildman–Crippen LogP) is 2.74. The van der Waals surface area contributed by atoms with Gasteiger partial charge in [-0.2, -0.15) is 0 Å². The van der Waals surface area contributed by atoms with Crippen LogP contribution >= 0.6 is 0 Å². The van der Waals surface area contributed by atoms with Gasteiger partial charge in [-0.25, -0.2) is 4.79 Å². The van der Waals surface area contributed by atoms with E-state index in [0.29, 0.717) is 36.5 Å². The summed E-state index contributed by atoms with van der Waals surface area (Å²) in [6, 6.07) is 14.4. The normalized spacial score (nSPS) is 13.2. The standard InChI is InChI=1S/C21H23N3O4/c1-2-27-20(25)14-28-23-18-7-5-13-24(19-8-4-3-6-17(18)19)21(26)15-9-11-16(22)12-10-15/h3-4,6-12,23H,2,5,13-14,22H2,1H3. The number of anilines is 2. The number of nitrogens with one attached hydrogen (secondary N) is 1. The summed E-state index contributed by atoms with van der Waals surface area (Å²) in [5, 5.41) is 0. The fraction of sp³-hybridized carbons (Fsp3) is 0.238. The van der Waals surface area contributed by atoms with Crippen LogP contribution in [0.1, 0.15) is 29.3 Å². The number of nitrogens with zero attached hydrogens (tertiary/aromatic N) is 1. The highest BCUT2D eigenvalue weighted by Gasteiger charge is 2.23. The Hall–Kier alpha value is -3.32. The van der Waals surface area contributed by atoms with Crippen LogP contribution in [0.15, 0.2) is 54.6 Å². The van der Waals surface area contributed by atoms with Crippen molar-refractivity contribution in [3.63, 3.8) is 0 Å². The number of hydrogen-bond donors (Lipinski definition) is 2. The van der Waals surface area contributed by atoms with Crippen molar-refractivity contribution < 1.29 is 19.2 Å². The van der Waals surface area contributed by atoms with Crippen molar-refractivity contribution in [2.45, 2.75) is 13.3 Å². The molecule has 0 spiro atoms. The molecule has 7 heteroatoms. The van der Waals surface area contributed by atoms with E-state index >= 15 is 0 Å². The summed E-state index contributed by atoms with van der Waals surface area (Å²) in [4.78, 5) is 31.5. The van der Waals surface area contributed by atoms with Crippen LogP contribution in [0, 0.1) is 0 Å². The first kappa shape index (κ1) is 19.4. The van der Waals surface area contributed by atoms with Crippen molar-refractivity contribution in [3.8, 4) is 0 Å². The van der Waals surface area contributed by atoms with Crippen LogP contribution in [0.3, 0.4) is 0 Å². The molecule has 0 saturated heterocycles. The summed E-state index contributed by atoms with van der Waals surface area (Å²) in [7, 11) is 0. The summed E-state index contributed by atoms with van der Waals surface area (Å²) in [5.74, 6) is -0.549. The molecular weight excluding hydrogens is 358 g/mol. The minimum atomic E-state index is -0.447. The van der Waals surface area contributed by atoms with Gasteiger partial charge in [0, 0.05) is 23.4 Å². The van der Waals surface area contributed by atoms with Gasteiger partial charge >= 0.3 is 5.97 Å². The number of carbonyl (C=O) groups excluding carboxylic acids is 2. The lowest BCUT2D eigenvalue weighted by Gasteiger charge is -2.23. The second-order valence-corrected chi connectivity index (χ2v) is 6.20. The van der Waals surface area contributed by atoms with E-state index in [9.17, 15) is 9.59 Å². The van der Waals surface area contributed by atoms with E-state index in [1.165, 1.54) is 0 Å². The van der Waals surface area contributed by atoms with Crippen LogP contribution < -0.4 is 16.1 Å². The molecule has 0 fully saturated rings. The molecule has 28 heavy (non-hydrogen) atoms. The third-order valence-corrected chi connectivity index (χ3v) is 4.27. The third kappa shape index (κ3) is 4.50. The molecule has 1 amide bonds. The molecule has 2 aromatic carbocycles. The summed E-state index contributed by atoms with van der Waals surface area (Å²) < 4.78 is 4.85. The number of rotatable bonds is 6. The number of ether oxygens (including phenoxy) is 1. The summed E-state index contributed by atoms with van der Waals surface area (Å²) in [6.45, 7) is 2.35. The molecule has 146 valence electrons. The van der Waals surface area contributed by atoms with Crippen molar-refractivity contribution in [2.75, 3.05) is 30.4 Å². The van der Waals surface area contributed by atoms with Crippen molar-refractivity contribution in [1.82, 2.24) is 5.48 Å². The highest BCUT2D eigenvalue weighted by atomic mass is 16.7. The molecule has 2 aromatic rings. The number of hydrogen-bond acceptors (Lipinski definition) is 6. The quantitative estimate of drug-likeness (QED) is 0.454. The van der Waals surface area contributed by atoms with Gasteiger partial charge in [0.1, 0.15) is 0 Å². The Morgan fingerprint density at radius 3 is 2.64 bits per heavy atom. The maximum absolute atomic E-state index is 13.1. The fourth-order valence-corrected chi connectivity index (χ4v) is 2.97. The van der Waals surface area contributed by atoms with Crippen molar-refractivity contribution in [1.29, 1.82) is 0 Å². The van der Waals surface area contributed by atoms with E-state index in [-0.39, 0.29) is 12.5 Å². The molecule has 0 unspecified atom stereocenters. The van der Waals surface area contributed by atoms with Crippen LogP contribution in [0.2, 0.25) is 0 Å². The van der Waals surface area contributed by atoms with E-state index in [4.69, 9.17) is 15.3 Å². The van der Waals surface area contributed by atoms with E-state index in [2.05, 4.69) is 5.48 Å².